The van der Waals surface area contributed by atoms with E-state index in [4.69, 9.17) is 0 Å². The first-order valence-electron chi connectivity index (χ1n) is 6.49. The van der Waals surface area contributed by atoms with E-state index < -0.39 is 0 Å². The van der Waals surface area contributed by atoms with Gasteiger partial charge in [-0.05, 0) is 57.6 Å². The number of pyridine rings is 1. The lowest BCUT2D eigenvalue weighted by atomic mass is 10.1. The van der Waals surface area contributed by atoms with Gasteiger partial charge >= 0.3 is 0 Å². The van der Waals surface area contributed by atoms with Gasteiger partial charge in [0.25, 0.3) is 0 Å². The molecule has 2 aromatic heterocycles. The van der Waals surface area contributed by atoms with Crippen molar-refractivity contribution in [2.75, 3.05) is 25.5 Å². The van der Waals surface area contributed by atoms with Crippen LogP contribution in [-0.2, 0) is 0 Å². The molecule has 1 aliphatic heterocycles. The molecule has 0 spiro atoms. The van der Waals surface area contributed by atoms with Gasteiger partial charge in [0, 0.05) is 12.2 Å². The van der Waals surface area contributed by atoms with Gasteiger partial charge in [-0.25, -0.2) is 4.52 Å². The lowest BCUT2D eigenvalue weighted by Gasteiger charge is -2.28. The Morgan fingerprint density at radius 2 is 2.11 bits per heavy atom. The molecule has 0 aliphatic carbocycles. The van der Waals surface area contributed by atoms with Gasteiger partial charge < -0.3 is 10.2 Å². The molecule has 1 N–H and O–H groups in total. The van der Waals surface area contributed by atoms with E-state index in [0.717, 1.165) is 37.5 Å². The number of fused-ring (bicyclic) bond motifs is 1. The Labute approximate surface area is 107 Å². The molecule has 0 atom stereocenters. The van der Waals surface area contributed by atoms with E-state index in [1.807, 2.05) is 22.8 Å². The van der Waals surface area contributed by atoms with E-state index in [1.165, 1.54) is 5.56 Å². The number of likely N-dealkylation sites (tertiary alicyclic amines) is 1. The minimum atomic E-state index is 0.500. The van der Waals surface area contributed by atoms with Crippen LogP contribution in [0.3, 0.4) is 0 Å². The van der Waals surface area contributed by atoms with Crippen LogP contribution in [0, 0.1) is 6.92 Å². The molecule has 1 aliphatic rings. The Balaban J connectivity index is 1.74. The second kappa shape index (κ2) is 4.57. The van der Waals surface area contributed by atoms with Gasteiger partial charge in [-0.2, -0.15) is 4.98 Å². The van der Waals surface area contributed by atoms with Crippen molar-refractivity contribution >= 4 is 11.6 Å². The molecule has 96 valence electrons. The number of nitrogens with one attached hydrogen (secondary N) is 1. The van der Waals surface area contributed by atoms with Gasteiger partial charge in [-0.1, -0.05) is 0 Å². The standard InChI is InChI=1S/C13H19N5/c1-10-3-8-18-12(9-10)15-13(16-18)14-11-4-6-17(2)7-5-11/h3,8-9,11H,4-7H2,1-2H3,(H,14,16). The molecule has 0 unspecified atom stereocenters. The minimum Gasteiger partial charge on any atom is -0.350 e. The molecular weight excluding hydrogens is 226 g/mol. The predicted octanol–water partition coefficient (Wildman–Crippen LogP) is 1.54. The number of nitrogens with zero attached hydrogens (tertiary/aromatic N) is 4. The Kier molecular flexibility index (Phi) is 2.91. The molecule has 18 heavy (non-hydrogen) atoms. The monoisotopic (exact) mass is 245 g/mol. The molecule has 3 rings (SSSR count). The average Bonchev–Trinajstić information content (AvgIpc) is 2.73. The van der Waals surface area contributed by atoms with Crippen molar-refractivity contribution in [2.24, 2.45) is 0 Å². The van der Waals surface area contributed by atoms with Gasteiger partial charge in [0.05, 0.1) is 0 Å². The summed E-state index contributed by atoms with van der Waals surface area (Å²) in [6.45, 7) is 4.35. The molecule has 5 heteroatoms. The second-order valence-corrected chi connectivity index (χ2v) is 5.16. The number of hydrogen-bond acceptors (Lipinski definition) is 4. The summed E-state index contributed by atoms with van der Waals surface area (Å²) in [6.07, 6.45) is 4.27. The summed E-state index contributed by atoms with van der Waals surface area (Å²) >= 11 is 0. The molecule has 0 radical (unpaired) electrons. The summed E-state index contributed by atoms with van der Waals surface area (Å²) < 4.78 is 1.82. The highest BCUT2D eigenvalue weighted by atomic mass is 15.3. The topological polar surface area (TPSA) is 45.5 Å². The number of rotatable bonds is 2. The van der Waals surface area contributed by atoms with E-state index in [2.05, 4.69) is 34.3 Å². The first kappa shape index (κ1) is 11.5. The van der Waals surface area contributed by atoms with Crippen LogP contribution in [0.25, 0.3) is 5.65 Å². The average molecular weight is 245 g/mol. The van der Waals surface area contributed by atoms with Crippen LogP contribution in [-0.4, -0.2) is 45.7 Å². The highest BCUT2D eigenvalue weighted by Crippen LogP contribution is 2.14. The van der Waals surface area contributed by atoms with Crippen molar-refractivity contribution in [1.29, 1.82) is 0 Å². The second-order valence-electron chi connectivity index (χ2n) is 5.16. The Hall–Kier alpha value is -1.62. The molecule has 0 amide bonds. The molecular formula is C13H19N5. The molecule has 0 aromatic carbocycles. The smallest absolute Gasteiger partial charge is 0.243 e. The number of piperidine rings is 1. The summed E-state index contributed by atoms with van der Waals surface area (Å²) in [5, 5.41) is 7.89. The van der Waals surface area contributed by atoms with Crippen LogP contribution in [0.1, 0.15) is 18.4 Å². The van der Waals surface area contributed by atoms with E-state index in [0.29, 0.717) is 6.04 Å². The number of aromatic nitrogens is 3. The van der Waals surface area contributed by atoms with E-state index >= 15 is 0 Å². The predicted molar refractivity (Wildman–Crippen MR) is 71.9 cm³/mol. The molecule has 5 nitrogen and oxygen atoms in total. The van der Waals surface area contributed by atoms with Gasteiger partial charge in [-0.3, -0.25) is 0 Å². The third-order valence-electron chi connectivity index (χ3n) is 3.54. The van der Waals surface area contributed by atoms with Gasteiger partial charge in [0.15, 0.2) is 5.65 Å². The maximum atomic E-state index is 4.51. The maximum absolute atomic E-state index is 4.51. The minimum absolute atomic E-state index is 0.500. The summed E-state index contributed by atoms with van der Waals surface area (Å²) in [4.78, 5) is 6.87. The van der Waals surface area contributed by atoms with E-state index in [1.54, 1.807) is 0 Å². The van der Waals surface area contributed by atoms with Crippen LogP contribution >= 0.6 is 0 Å². The fraction of sp³-hybridized carbons (Fsp3) is 0.538. The zero-order chi connectivity index (χ0) is 12.5. The first-order chi connectivity index (χ1) is 8.70. The van der Waals surface area contributed by atoms with Crippen LogP contribution in [0.5, 0.6) is 0 Å². The van der Waals surface area contributed by atoms with Crippen molar-refractivity contribution < 1.29 is 0 Å². The van der Waals surface area contributed by atoms with Crippen LogP contribution in [0.4, 0.5) is 5.95 Å². The number of anilines is 1. The molecule has 1 fully saturated rings. The molecule has 2 aromatic rings. The molecule has 3 heterocycles. The van der Waals surface area contributed by atoms with E-state index in [9.17, 15) is 0 Å². The zero-order valence-corrected chi connectivity index (χ0v) is 10.9. The Morgan fingerprint density at radius 3 is 2.89 bits per heavy atom. The van der Waals surface area contributed by atoms with Crippen molar-refractivity contribution in [2.45, 2.75) is 25.8 Å². The van der Waals surface area contributed by atoms with Crippen molar-refractivity contribution in [3.8, 4) is 0 Å². The summed E-state index contributed by atoms with van der Waals surface area (Å²) in [5.41, 5.74) is 2.12. The number of hydrogen-bond donors (Lipinski definition) is 1. The van der Waals surface area contributed by atoms with Crippen molar-refractivity contribution in [3.05, 3.63) is 23.9 Å². The summed E-state index contributed by atoms with van der Waals surface area (Å²) in [6, 6.07) is 4.59. The van der Waals surface area contributed by atoms with Gasteiger partial charge in [0.1, 0.15) is 0 Å². The summed E-state index contributed by atoms with van der Waals surface area (Å²) in [5.74, 6) is 0.746. The fourth-order valence-electron chi connectivity index (χ4n) is 2.38. The lowest BCUT2D eigenvalue weighted by Crippen LogP contribution is -2.36. The SMILES string of the molecule is Cc1ccn2nc(NC3CCN(C)CC3)nc2c1. The zero-order valence-electron chi connectivity index (χ0n) is 10.9. The number of aryl methyl sites for hydroxylation is 1. The fourth-order valence-corrected chi connectivity index (χ4v) is 2.38. The quantitative estimate of drug-likeness (QED) is 0.872. The Morgan fingerprint density at radius 1 is 1.33 bits per heavy atom. The van der Waals surface area contributed by atoms with Gasteiger partial charge in [0.2, 0.25) is 5.95 Å². The van der Waals surface area contributed by atoms with Crippen LogP contribution in [0.15, 0.2) is 18.3 Å². The highest BCUT2D eigenvalue weighted by Gasteiger charge is 2.17. The highest BCUT2D eigenvalue weighted by molar-refractivity contribution is 5.45. The largest absolute Gasteiger partial charge is 0.350 e. The van der Waals surface area contributed by atoms with Gasteiger partial charge in [-0.15, -0.1) is 5.10 Å². The summed E-state index contributed by atoms with van der Waals surface area (Å²) in [7, 11) is 2.17. The van der Waals surface area contributed by atoms with Crippen molar-refractivity contribution in [3.63, 3.8) is 0 Å². The lowest BCUT2D eigenvalue weighted by molar-refractivity contribution is 0.263. The first-order valence-corrected chi connectivity index (χ1v) is 6.49. The van der Waals surface area contributed by atoms with E-state index in [-0.39, 0.29) is 0 Å². The van der Waals surface area contributed by atoms with Crippen LogP contribution < -0.4 is 5.32 Å². The van der Waals surface area contributed by atoms with Crippen LogP contribution in [0.2, 0.25) is 0 Å². The Bertz CT molecular complexity index is 539. The van der Waals surface area contributed by atoms with Crippen molar-refractivity contribution in [1.82, 2.24) is 19.5 Å². The molecule has 1 saturated heterocycles. The molecule has 0 bridgehead atoms. The third kappa shape index (κ3) is 2.31. The maximum Gasteiger partial charge on any atom is 0.243 e. The normalized spacial score (nSPS) is 18.3. The third-order valence-corrected chi connectivity index (χ3v) is 3.54. The molecule has 0 saturated carbocycles.